The summed E-state index contributed by atoms with van der Waals surface area (Å²) in [7, 11) is 0. The van der Waals surface area contributed by atoms with Crippen LogP contribution in [0.1, 0.15) is 5.56 Å². The first kappa shape index (κ1) is 17.0. The summed E-state index contributed by atoms with van der Waals surface area (Å²) in [4.78, 5) is 11.6. The number of anilines is 1. The highest BCUT2D eigenvalue weighted by Crippen LogP contribution is 2.29. The second kappa shape index (κ2) is 7.23. The standard InChI is InChI=1S/C15H12ClF3N2O2/c16-11-3-7-13(8-4-11)23-9-20-14(22)21-12-5-1-10(2-6-12)15(17,18)19/h1-8H,9H2,(H2,20,21,22). The molecular weight excluding hydrogens is 333 g/mol. The predicted molar refractivity (Wildman–Crippen MR) is 80.5 cm³/mol. The molecule has 2 amide bonds. The monoisotopic (exact) mass is 344 g/mol. The molecule has 2 rings (SSSR count). The maximum atomic E-state index is 12.4. The van der Waals surface area contributed by atoms with Crippen molar-refractivity contribution in [1.82, 2.24) is 5.32 Å². The summed E-state index contributed by atoms with van der Waals surface area (Å²) in [6.07, 6.45) is -4.41. The van der Waals surface area contributed by atoms with Crippen LogP contribution in [0.4, 0.5) is 23.7 Å². The zero-order chi connectivity index (χ0) is 16.9. The molecule has 23 heavy (non-hydrogen) atoms. The van der Waals surface area contributed by atoms with Crippen LogP contribution < -0.4 is 15.4 Å². The summed E-state index contributed by atoms with van der Waals surface area (Å²) in [5, 5.41) is 5.37. The number of rotatable bonds is 4. The van der Waals surface area contributed by atoms with Crippen LogP contribution >= 0.6 is 11.6 Å². The number of urea groups is 1. The lowest BCUT2D eigenvalue weighted by Crippen LogP contribution is -2.32. The van der Waals surface area contributed by atoms with Crippen LogP contribution in [0.3, 0.4) is 0 Å². The molecule has 0 aliphatic heterocycles. The zero-order valence-electron chi connectivity index (χ0n) is 11.7. The Bertz CT molecular complexity index is 658. The molecule has 0 radical (unpaired) electrons. The number of benzene rings is 2. The normalized spacial score (nSPS) is 11.0. The molecule has 0 saturated heterocycles. The van der Waals surface area contributed by atoms with E-state index in [4.69, 9.17) is 16.3 Å². The van der Waals surface area contributed by atoms with Gasteiger partial charge in [-0.25, -0.2) is 4.79 Å². The molecule has 2 aromatic carbocycles. The van der Waals surface area contributed by atoms with Gasteiger partial charge >= 0.3 is 12.2 Å². The van der Waals surface area contributed by atoms with Crippen molar-refractivity contribution >= 4 is 23.3 Å². The molecule has 0 spiro atoms. The molecule has 0 unspecified atom stereocenters. The van der Waals surface area contributed by atoms with Crippen LogP contribution in [-0.2, 0) is 6.18 Å². The van der Waals surface area contributed by atoms with Gasteiger partial charge in [0, 0.05) is 10.7 Å². The minimum atomic E-state index is -4.41. The Hall–Kier alpha value is -2.41. The SMILES string of the molecule is O=C(NCOc1ccc(Cl)cc1)Nc1ccc(C(F)(F)F)cc1. The van der Waals surface area contributed by atoms with Gasteiger partial charge in [0.15, 0.2) is 6.73 Å². The summed E-state index contributed by atoms with van der Waals surface area (Å²) in [5.74, 6) is 0.518. The summed E-state index contributed by atoms with van der Waals surface area (Å²) >= 11 is 5.72. The first-order chi connectivity index (χ1) is 10.8. The van der Waals surface area contributed by atoms with E-state index < -0.39 is 17.8 Å². The van der Waals surface area contributed by atoms with E-state index in [0.717, 1.165) is 12.1 Å². The molecule has 0 aromatic heterocycles. The predicted octanol–water partition coefficient (Wildman–Crippen LogP) is 4.52. The fraction of sp³-hybridized carbons (Fsp3) is 0.133. The number of ether oxygens (including phenoxy) is 1. The summed E-state index contributed by atoms with van der Waals surface area (Å²) in [6, 6.07) is 10.1. The Kier molecular flexibility index (Phi) is 5.33. The number of carbonyl (C=O) groups is 1. The number of hydrogen-bond acceptors (Lipinski definition) is 2. The van der Waals surface area contributed by atoms with Gasteiger partial charge in [0.2, 0.25) is 0 Å². The maximum Gasteiger partial charge on any atom is 0.416 e. The molecule has 0 aliphatic carbocycles. The Morgan fingerprint density at radius 2 is 1.65 bits per heavy atom. The van der Waals surface area contributed by atoms with Crippen molar-refractivity contribution < 1.29 is 22.7 Å². The molecule has 0 atom stereocenters. The Morgan fingerprint density at radius 1 is 1.04 bits per heavy atom. The highest BCUT2D eigenvalue weighted by atomic mass is 35.5. The van der Waals surface area contributed by atoms with E-state index in [2.05, 4.69) is 10.6 Å². The van der Waals surface area contributed by atoms with Crippen molar-refractivity contribution in [1.29, 1.82) is 0 Å². The average molecular weight is 345 g/mol. The number of halogens is 4. The molecular formula is C15H12ClF3N2O2. The topological polar surface area (TPSA) is 50.4 Å². The molecule has 0 fully saturated rings. The number of nitrogens with one attached hydrogen (secondary N) is 2. The van der Waals surface area contributed by atoms with Crippen molar-refractivity contribution in [2.24, 2.45) is 0 Å². The first-order valence-corrected chi connectivity index (χ1v) is 6.83. The van der Waals surface area contributed by atoms with E-state index in [-0.39, 0.29) is 12.4 Å². The molecule has 0 aliphatic rings. The van der Waals surface area contributed by atoms with Gasteiger partial charge in [-0.15, -0.1) is 0 Å². The van der Waals surface area contributed by atoms with E-state index in [1.54, 1.807) is 24.3 Å². The molecule has 4 nitrogen and oxygen atoms in total. The van der Waals surface area contributed by atoms with Crippen molar-refractivity contribution in [2.75, 3.05) is 12.0 Å². The second-order valence-electron chi connectivity index (χ2n) is 4.45. The summed E-state index contributed by atoms with van der Waals surface area (Å²) < 4.78 is 42.5. The van der Waals surface area contributed by atoms with Crippen LogP contribution in [0.5, 0.6) is 5.75 Å². The van der Waals surface area contributed by atoms with E-state index >= 15 is 0 Å². The zero-order valence-corrected chi connectivity index (χ0v) is 12.4. The number of hydrogen-bond donors (Lipinski definition) is 2. The minimum absolute atomic E-state index is 0.103. The van der Waals surface area contributed by atoms with Gasteiger partial charge in [0.05, 0.1) is 5.56 Å². The van der Waals surface area contributed by atoms with Crippen molar-refractivity contribution in [3.8, 4) is 5.75 Å². The van der Waals surface area contributed by atoms with Gasteiger partial charge in [-0.1, -0.05) is 11.6 Å². The van der Waals surface area contributed by atoms with Crippen LogP contribution in [0.25, 0.3) is 0 Å². The third kappa shape index (κ3) is 5.37. The smallest absolute Gasteiger partial charge is 0.416 e. The van der Waals surface area contributed by atoms with Crippen LogP contribution in [-0.4, -0.2) is 12.8 Å². The quantitative estimate of drug-likeness (QED) is 0.801. The number of alkyl halides is 3. The van der Waals surface area contributed by atoms with Crippen LogP contribution in [0.2, 0.25) is 5.02 Å². The van der Waals surface area contributed by atoms with Gasteiger partial charge in [0.25, 0.3) is 0 Å². The van der Waals surface area contributed by atoms with Crippen molar-refractivity contribution in [3.05, 3.63) is 59.1 Å². The van der Waals surface area contributed by atoms with Gasteiger partial charge in [0.1, 0.15) is 5.75 Å². The van der Waals surface area contributed by atoms with Gasteiger partial charge in [-0.05, 0) is 48.5 Å². The Balaban J connectivity index is 1.79. The molecule has 2 aromatic rings. The fourth-order valence-electron chi connectivity index (χ4n) is 1.63. The van der Waals surface area contributed by atoms with E-state index in [1.807, 2.05) is 0 Å². The average Bonchev–Trinajstić information content (AvgIpc) is 2.49. The Labute approximate surface area is 135 Å². The van der Waals surface area contributed by atoms with Gasteiger partial charge in [-0.2, -0.15) is 13.2 Å². The molecule has 0 saturated carbocycles. The molecule has 122 valence electrons. The minimum Gasteiger partial charge on any atom is -0.473 e. The second-order valence-corrected chi connectivity index (χ2v) is 4.89. The van der Waals surface area contributed by atoms with Crippen molar-refractivity contribution in [3.63, 3.8) is 0 Å². The third-order valence-corrected chi connectivity index (χ3v) is 3.01. The number of amides is 2. The van der Waals surface area contributed by atoms with E-state index in [1.165, 1.54) is 12.1 Å². The molecule has 0 heterocycles. The van der Waals surface area contributed by atoms with Gasteiger partial charge < -0.3 is 15.4 Å². The lowest BCUT2D eigenvalue weighted by molar-refractivity contribution is -0.137. The summed E-state index contributed by atoms with van der Waals surface area (Å²) in [6.45, 7) is -0.103. The van der Waals surface area contributed by atoms with Crippen LogP contribution in [0, 0.1) is 0 Å². The van der Waals surface area contributed by atoms with Crippen LogP contribution in [0.15, 0.2) is 48.5 Å². The molecule has 8 heteroatoms. The van der Waals surface area contributed by atoms with E-state index in [0.29, 0.717) is 10.8 Å². The van der Waals surface area contributed by atoms with Gasteiger partial charge in [-0.3, -0.25) is 0 Å². The van der Waals surface area contributed by atoms with Crippen molar-refractivity contribution in [2.45, 2.75) is 6.18 Å². The number of carbonyl (C=O) groups excluding carboxylic acids is 1. The summed E-state index contributed by atoms with van der Waals surface area (Å²) in [5.41, 5.74) is -0.545. The molecule has 2 N–H and O–H groups in total. The highest BCUT2D eigenvalue weighted by Gasteiger charge is 2.29. The largest absolute Gasteiger partial charge is 0.473 e. The first-order valence-electron chi connectivity index (χ1n) is 6.45. The third-order valence-electron chi connectivity index (χ3n) is 2.76. The van der Waals surface area contributed by atoms with E-state index in [9.17, 15) is 18.0 Å². The lowest BCUT2D eigenvalue weighted by Gasteiger charge is -2.10. The molecule has 0 bridgehead atoms. The Morgan fingerprint density at radius 3 is 2.22 bits per heavy atom. The maximum absolute atomic E-state index is 12.4. The fourth-order valence-corrected chi connectivity index (χ4v) is 1.76. The lowest BCUT2D eigenvalue weighted by atomic mass is 10.2. The highest BCUT2D eigenvalue weighted by molar-refractivity contribution is 6.30.